The average molecular weight is 316 g/mol. The third-order valence-electron chi connectivity index (χ3n) is 3.02. The van der Waals surface area contributed by atoms with E-state index in [2.05, 4.69) is 15.0 Å². The molecule has 0 aliphatic heterocycles. The van der Waals surface area contributed by atoms with E-state index in [1.165, 1.54) is 0 Å². The van der Waals surface area contributed by atoms with Crippen molar-refractivity contribution in [2.45, 2.75) is 6.61 Å². The van der Waals surface area contributed by atoms with Gasteiger partial charge in [-0.1, -0.05) is 6.07 Å². The highest BCUT2D eigenvalue weighted by molar-refractivity contribution is 5.90. The summed E-state index contributed by atoms with van der Waals surface area (Å²) in [5, 5.41) is 0. The van der Waals surface area contributed by atoms with Crippen LogP contribution in [0.25, 0.3) is 0 Å². The fourth-order valence-corrected chi connectivity index (χ4v) is 1.81. The van der Waals surface area contributed by atoms with Crippen molar-refractivity contribution < 1.29 is 9.53 Å². The molecule has 0 atom stereocenters. The summed E-state index contributed by atoms with van der Waals surface area (Å²) in [6.45, 7) is -0.0708. The van der Waals surface area contributed by atoms with E-state index in [1.54, 1.807) is 37.2 Å². The second-order valence-electron chi connectivity index (χ2n) is 5.33. The topological polar surface area (TPSA) is 97.5 Å². The predicted molar refractivity (Wildman–Crippen MR) is 88.5 cm³/mol. The highest BCUT2D eigenvalue weighted by Crippen LogP contribution is 2.15. The Kier molecular flexibility index (Phi) is 4.95. The number of rotatable bonds is 5. The fourth-order valence-electron chi connectivity index (χ4n) is 1.81. The molecule has 0 aliphatic carbocycles. The van der Waals surface area contributed by atoms with Crippen LogP contribution in [0, 0.1) is 0 Å². The molecule has 1 heterocycles. The quantitative estimate of drug-likeness (QED) is 0.814. The lowest BCUT2D eigenvalue weighted by Gasteiger charge is -2.13. The molecule has 122 valence electrons. The summed E-state index contributed by atoms with van der Waals surface area (Å²) in [6.07, 6.45) is 0. The third-order valence-corrected chi connectivity index (χ3v) is 3.02. The van der Waals surface area contributed by atoms with Crippen molar-refractivity contribution in [1.82, 2.24) is 15.0 Å². The molecule has 0 saturated heterocycles. The smallest absolute Gasteiger partial charge is 0.338 e. The molecule has 0 bridgehead atoms. The molecule has 8 heteroatoms. The van der Waals surface area contributed by atoms with E-state index in [9.17, 15) is 4.79 Å². The lowest BCUT2D eigenvalue weighted by Crippen LogP contribution is -2.17. The molecule has 0 saturated carbocycles. The second-order valence-corrected chi connectivity index (χ2v) is 5.33. The predicted octanol–water partition coefficient (Wildman–Crippen LogP) is 0.943. The zero-order valence-corrected chi connectivity index (χ0v) is 13.6. The van der Waals surface area contributed by atoms with Crippen molar-refractivity contribution in [1.29, 1.82) is 0 Å². The molecule has 2 aromatic rings. The normalized spacial score (nSPS) is 10.3. The Bertz CT molecular complexity index is 702. The molecule has 0 spiro atoms. The number of nitrogens with zero attached hydrogens (tertiary/aromatic N) is 5. The summed E-state index contributed by atoms with van der Waals surface area (Å²) in [7, 11) is 7.39. The minimum atomic E-state index is -0.445. The Morgan fingerprint density at radius 2 is 1.87 bits per heavy atom. The van der Waals surface area contributed by atoms with Crippen LogP contribution in [0.5, 0.6) is 0 Å². The fraction of sp³-hybridized carbons (Fsp3) is 0.333. The van der Waals surface area contributed by atoms with Crippen LogP contribution in [0.3, 0.4) is 0 Å². The molecule has 8 nitrogen and oxygen atoms in total. The zero-order valence-electron chi connectivity index (χ0n) is 13.6. The highest BCUT2D eigenvalue weighted by Gasteiger charge is 2.12. The van der Waals surface area contributed by atoms with Gasteiger partial charge >= 0.3 is 5.97 Å². The molecule has 2 rings (SSSR count). The summed E-state index contributed by atoms with van der Waals surface area (Å²) < 4.78 is 5.25. The number of aromatic nitrogens is 3. The third kappa shape index (κ3) is 4.29. The van der Waals surface area contributed by atoms with Crippen LogP contribution in [0.15, 0.2) is 24.3 Å². The van der Waals surface area contributed by atoms with E-state index in [4.69, 9.17) is 10.5 Å². The van der Waals surface area contributed by atoms with E-state index in [0.717, 1.165) is 5.69 Å². The average Bonchev–Trinajstić information content (AvgIpc) is 2.52. The Hall–Kier alpha value is -2.90. The number of hydrogen-bond donors (Lipinski definition) is 1. The van der Waals surface area contributed by atoms with Gasteiger partial charge in [0.2, 0.25) is 11.9 Å². The van der Waals surface area contributed by atoms with Gasteiger partial charge in [-0.15, -0.1) is 0 Å². The molecule has 0 fully saturated rings. The molecular formula is C15H20N6O2. The number of anilines is 3. The Morgan fingerprint density at radius 3 is 2.52 bits per heavy atom. The number of esters is 1. The summed E-state index contributed by atoms with van der Waals surface area (Å²) in [5.41, 5.74) is 7.01. The van der Waals surface area contributed by atoms with Crippen LogP contribution in [0.2, 0.25) is 0 Å². The van der Waals surface area contributed by atoms with Crippen LogP contribution < -0.4 is 15.5 Å². The van der Waals surface area contributed by atoms with E-state index in [1.807, 2.05) is 25.1 Å². The van der Waals surface area contributed by atoms with Gasteiger partial charge in [0.25, 0.3) is 0 Å². The first-order valence-electron chi connectivity index (χ1n) is 6.99. The molecule has 0 unspecified atom stereocenters. The van der Waals surface area contributed by atoms with Gasteiger partial charge in [-0.3, -0.25) is 0 Å². The standard InChI is InChI=1S/C15H20N6O2/c1-20(2)11-7-5-6-10(8-11)13(22)23-9-12-17-14(16)19-15(18-12)21(3)4/h5-8H,9H2,1-4H3,(H2,16,17,18,19). The Balaban J connectivity index is 2.09. The number of benzene rings is 1. The number of nitrogen functional groups attached to an aromatic ring is 1. The largest absolute Gasteiger partial charge is 0.454 e. The van der Waals surface area contributed by atoms with E-state index < -0.39 is 5.97 Å². The van der Waals surface area contributed by atoms with Gasteiger partial charge in [-0.05, 0) is 18.2 Å². The van der Waals surface area contributed by atoms with Gasteiger partial charge < -0.3 is 20.3 Å². The first-order chi connectivity index (χ1) is 10.9. The number of nitrogens with two attached hydrogens (primary N) is 1. The summed E-state index contributed by atoms with van der Waals surface area (Å²) in [4.78, 5) is 27.9. The van der Waals surface area contributed by atoms with Crippen LogP contribution >= 0.6 is 0 Å². The zero-order chi connectivity index (χ0) is 17.0. The number of carbonyl (C=O) groups is 1. The maximum atomic E-state index is 12.1. The van der Waals surface area contributed by atoms with E-state index in [-0.39, 0.29) is 12.6 Å². The highest BCUT2D eigenvalue weighted by atomic mass is 16.5. The van der Waals surface area contributed by atoms with Crippen LogP contribution in [-0.4, -0.2) is 49.1 Å². The maximum Gasteiger partial charge on any atom is 0.338 e. The van der Waals surface area contributed by atoms with Crippen molar-refractivity contribution >= 4 is 23.6 Å². The molecule has 0 amide bonds. The monoisotopic (exact) mass is 316 g/mol. The second kappa shape index (κ2) is 6.91. The molecule has 0 radical (unpaired) electrons. The van der Waals surface area contributed by atoms with Crippen LogP contribution in [0.1, 0.15) is 16.2 Å². The summed E-state index contributed by atoms with van der Waals surface area (Å²) >= 11 is 0. The van der Waals surface area contributed by atoms with Crippen molar-refractivity contribution in [3.05, 3.63) is 35.7 Å². The van der Waals surface area contributed by atoms with Crippen molar-refractivity contribution in [2.75, 3.05) is 43.7 Å². The minimum Gasteiger partial charge on any atom is -0.454 e. The Morgan fingerprint density at radius 1 is 1.13 bits per heavy atom. The van der Waals surface area contributed by atoms with Crippen LogP contribution in [0.4, 0.5) is 17.6 Å². The number of ether oxygens (including phenoxy) is 1. The van der Waals surface area contributed by atoms with Gasteiger partial charge in [0.15, 0.2) is 12.4 Å². The van der Waals surface area contributed by atoms with Gasteiger partial charge in [0, 0.05) is 33.9 Å². The SMILES string of the molecule is CN(C)c1cccc(C(=O)OCc2nc(N)nc(N(C)C)n2)c1. The van der Waals surface area contributed by atoms with Crippen molar-refractivity contribution in [3.8, 4) is 0 Å². The summed E-state index contributed by atoms with van der Waals surface area (Å²) in [5.74, 6) is 0.361. The lowest BCUT2D eigenvalue weighted by molar-refractivity contribution is 0.0462. The van der Waals surface area contributed by atoms with Gasteiger partial charge in [0.1, 0.15) is 0 Å². The molecule has 2 N–H and O–H groups in total. The molecule has 23 heavy (non-hydrogen) atoms. The van der Waals surface area contributed by atoms with Gasteiger partial charge in [0.05, 0.1) is 5.56 Å². The van der Waals surface area contributed by atoms with Crippen LogP contribution in [-0.2, 0) is 11.3 Å². The van der Waals surface area contributed by atoms with Gasteiger partial charge in [-0.25, -0.2) is 4.79 Å². The summed E-state index contributed by atoms with van der Waals surface area (Å²) in [6, 6.07) is 7.17. The van der Waals surface area contributed by atoms with Crippen molar-refractivity contribution in [3.63, 3.8) is 0 Å². The molecule has 1 aromatic heterocycles. The lowest BCUT2D eigenvalue weighted by atomic mass is 10.2. The van der Waals surface area contributed by atoms with E-state index in [0.29, 0.717) is 17.3 Å². The number of carbonyl (C=O) groups excluding carboxylic acids is 1. The number of hydrogen-bond acceptors (Lipinski definition) is 8. The first-order valence-corrected chi connectivity index (χ1v) is 6.99. The minimum absolute atomic E-state index is 0.0708. The Labute approximate surface area is 134 Å². The molecule has 1 aromatic carbocycles. The van der Waals surface area contributed by atoms with Gasteiger partial charge in [-0.2, -0.15) is 15.0 Å². The first kappa shape index (κ1) is 16.5. The maximum absolute atomic E-state index is 12.1. The molecule has 0 aliphatic rings. The van der Waals surface area contributed by atoms with Crippen molar-refractivity contribution in [2.24, 2.45) is 0 Å². The van der Waals surface area contributed by atoms with E-state index >= 15 is 0 Å². The molecular weight excluding hydrogens is 296 g/mol.